The summed E-state index contributed by atoms with van der Waals surface area (Å²) < 4.78 is 25.8. The highest BCUT2D eigenvalue weighted by Gasteiger charge is 2.44. The lowest BCUT2D eigenvalue weighted by molar-refractivity contribution is -0.140. The van der Waals surface area contributed by atoms with Crippen LogP contribution >= 0.6 is 0 Å². The van der Waals surface area contributed by atoms with Crippen LogP contribution in [0.25, 0.3) is 0 Å². The highest BCUT2D eigenvalue weighted by molar-refractivity contribution is 7.89. The van der Waals surface area contributed by atoms with Gasteiger partial charge in [-0.25, -0.2) is 8.42 Å². The number of nitrogens with zero attached hydrogens (tertiary/aromatic N) is 2. The minimum absolute atomic E-state index is 0.0205. The summed E-state index contributed by atoms with van der Waals surface area (Å²) >= 11 is 0. The fourth-order valence-electron chi connectivity index (χ4n) is 2.31. The largest absolute Gasteiger partial charge is 0.480 e. The van der Waals surface area contributed by atoms with Crippen molar-refractivity contribution < 1.29 is 23.4 Å². The van der Waals surface area contributed by atoms with Gasteiger partial charge in [0.1, 0.15) is 10.9 Å². The van der Waals surface area contributed by atoms with Crippen LogP contribution < -0.4 is 0 Å². The quantitative estimate of drug-likeness (QED) is 0.671. The molecule has 2 atom stereocenters. The molecule has 0 spiro atoms. The molecule has 1 aliphatic rings. The zero-order chi connectivity index (χ0) is 14.4. The number of hydrogen-bond acceptors (Lipinski definition) is 5. The molecule has 1 aliphatic heterocycles. The molecule has 1 saturated heterocycles. The number of aliphatic carboxylic acids is 1. The molecule has 1 aromatic heterocycles. The highest BCUT2D eigenvalue weighted by Crippen LogP contribution is 2.29. The number of H-pyrrole nitrogens is 1. The van der Waals surface area contributed by atoms with Crippen LogP contribution in [-0.2, 0) is 14.8 Å². The summed E-state index contributed by atoms with van der Waals surface area (Å²) in [6.45, 7) is 2.86. The van der Waals surface area contributed by atoms with Crippen LogP contribution in [0, 0.1) is 13.8 Å². The van der Waals surface area contributed by atoms with Crippen molar-refractivity contribution >= 4 is 16.0 Å². The first-order chi connectivity index (χ1) is 8.75. The summed E-state index contributed by atoms with van der Waals surface area (Å²) in [5, 5.41) is 24.9. The molecular formula is C10H15N3O5S. The number of hydrogen-bond donors (Lipinski definition) is 3. The molecule has 0 amide bonds. The molecule has 8 nitrogen and oxygen atoms in total. The van der Waals surface area contributed by atoms with Gasteiger partial charge in [-0.3, -0.25) is 9.89 Å². The van der Waals surface area contributed by atoms with E-state index < -0.39 is 28.1 Å². The number of rotatable bonds is 3. The van der Waals surface area contributed by atoms with Crippen molar-refractivity contribution in [1.29, 1.82) is 0 Å². The molecule has 2 rings (SSSR count). The Morgan fingerprint density at radius 3 is 2.58 bits per heavy atom. The summed E-state index contributed by atoms with van der Waals surface area (Å²) in [7, 11) is -3.99. The number of carboxylic acid groups (broad SMARTS) is 1. The van der Waals surface area contributed by atoms with Crippen molar-refractivity contribution in [3.63, 3.8) is 0 Å². The molecule has 106 valence electrons. The van der Waals surface area contributed by atoms with Crippen LogP contribution in [0.3, 0.4) is 0 Å². The standard InChI is InChI=1S/C10H15N3O5S/c1-5-9(6(2)12-11-5)19(17,18)13-4-7(14)3-8(13)10(15)16/h7-8,14H,3-4H2,1-2H3,(H,11,12)(H,15,16)/t7?,8-/m0/s1. The van der Waals surface area contributed by atoms with Gasteiger partial charge in [0.05, 0.1) is 17.5 Å². The SMILES string of the molecule is Cc1n[nH]c(C)c1S(=O)(=O)N1CC(O)C[C@H]1C(=O)O. The Morgan fingerprint density at radius 2 is 2.11 bits per heavy atom. The van der Waals surface area contributed by atoms with E-state index in [1.165, 1.54) is 6.92 Å². The number of aromatic amines is 1. The number of aliphatic hydroxyl groups is 1. The molecule has 0 bridgehead atoms. The molecule has 0 aromatic carbocycles. The predicted octanol–water partition coefficient (Wildman–Crippen LogP) is -0.765. The second kappa shape index (κ2) is 4.58. The van der Waals surface area contributed by atoms with E-state index in [4.69, 9.17) is 5.11 Å². The van der Waals surface area contributed by atoms with Gasteiger partial charge in [-0.15, -0.1) is 0 Å². The van der Waals surface area contributed by atoms with E-state index in [1.807, 2.05) is 0 Å². The van der Waals surface area contributed by atoms with Crippen LogP contribution in [0.2, 0.25) is 0 Å². The lowest BCUT2D eigenvalue weighted by Crippen LogP contribution is -2.40. The Balaban J connectivity index is 2.48. The topological polar surface area (TPSA) is 124 Å². The smallest absolute Gasteiger partial charge is 0.322 e. The number of aryl methyl sites for hydroxylation is 2. The average molecular weight is 289 g/mol. The zero-order valence-electron chi connectivity index (χ0n) is 10.5. The fourth-order valence-corrected chi connectivity index (χ4v) is 4.28. The minimum Gasteiger partial charge on any atom is -0.480 e. The van der Waals surface area contributed by atoms with E-state index in [1.54, 1.807) is 6.92 Å². The Labute approximate surface area is 110 Å². The molecule has 2 heterocycles. The van der Waals surface area contributed by atoms with Gasteiger partial charge in [0, 0.05) is 13.0 Å². The number of β-amino-alcohol motifs (C(OH)–C–C–N with tert-alkyl or cyclic N) is 1. The van der Waals surface area contributed by atoms with Crippen LogP contribution in [0.1, 0.15) is 17.8 Å². The van der Waals surface area contributed by atoms with Gasteiger partial charge in [0.15, 0.2) is 0 Å². The van der Waals surface area contributed by atoms with E-state index >= 15 is 0 Å². The molecular weight excluding hydrogens is 274 g/mol. The van der Waals surface area contributed by atoms with Gasteiger partial charge in [0.25, 0.3) is 0 Å². The van der Waals surface area contributed by atoms with E-state index in [9.17, 15) is 18.3 Å². The van der Waals surface area contributed by atoms with Gasteiger partial charge in [-0.2, -0.15) is 9.40 Å². The Hall–Kier alpha value is -1.45. The molecule has 1 fully saturated rings. The third kappa shape index (κ3) is 2.24. The Kier molecular flexibility index (Phi) is 3.37. The van der Waals surface area contributed by atoms with E-state index in [2.05, 4.69) is 10.2 Å². The van der Waals surface area contributed by atoms with E-state index in [0.29, 0.717) is 5.69 Å². The first-order valence-electron chi connectivity index (χ1n) is 5.69. The first-order valence-corrected chi connectivity index (χ1v) is 7.13. The van der Waals surface area contributed by atoms with Gasteiger partial charge >= 0.3 is 5.97 Å². The van der Waals surface area contributed by atoms with Gasteiger partial charge in [0.2, 0.25) is 10.0 Å². The van der Waals surface area contributed by atoms with Crippen molar-refractivity contribution in [3.8, 4) is 0 Å². The van der Waals surface area contributed by atoms with Gasteiger partial charge < -0.3 is 10.2 Å². The summed E-state index contributed by atoms with van der Waals surface area (Å²) in [4.78, 5) is 11.1. The van der Waals surface area contributed by atoms with Crippen molar-refractivity contribution in [2.24, 2.45) is 0 Å². The lowest BCUT2D eigenvalue weighted by atomic mass is 10.2. The minimum atomic E-state index is -3.99. The summed E-state index contributed by atoms with van der Waals surface area (Å²) in [5.41, 5.74) is 0.631. The van der Waals surface area contributed by atoms with Crippen molar-refractivity contribution in [3.05, 3.63) is 11.4 Å². The maximum Gasteiger partial charge on any atom is 0.322 e. The third-order valence-corrected chi connectivity index (χ3v) is 5.28. The Morgan fingerprint density at radius 1 is 1.47 bits per heavy atom. The van der Waals surface area contributed by atoms with Crippen LogP contribution in [0.5, 0.6) is 0 Å². The normalized spacial score (nSPS) is 24.8. The summed E-state index contributed by atoms with van der Waals surface area (Å²) in [5.74, 6) is -1.26. The molecule has 19 heavy (non-hydrogen) atoms. The number of carbonyl (C=O) groups is 1. The molecule has 0 saturated carbocycles. The zero-order valence-corrected chi connectivity index (χ0v) is 11.3. The number of sulfonamides is 1. The van der Waals surface area contributed by atoms with Crippen molar-refractivity contribution in [2.45, 2.75) is 37.3 Å². The average Bonchev–Trinajstić information content (AvgIpc) is 2.83. The van der Waals surface area contributed by atoms with Crippen LogP contribution in [0.15, 0.2) is 4.90 Å². The molecule has 1 unspecified atom stereocenters. The molecule has 1 aromatic rings. The maximum atomic E-state index is 12.5. The predicted molar refractivity (Wildman–Crippen MR) is 64.0 cm³/mol. The van der Waals surface area contributed by atoms with Crippen LogP contribution in [0.4, 0.5) is 0 Å². The highest BCUT2D eigenvalue weighted by atomic mass is 32.2. The molecule has 0 radical (unpaired) electrons. The van der Waals surface area contributed by atoms with Crippen LogP contribution in [-0.4, -0.2) is 57.8 Å². The van der Waals surface area contributed by atoms with Gasteiger partial charge in [-0.05, 0) is 13.8 Å². The van der Waals surface area contributed by atoms with Gasteiger partial charge in [-0.1, -0.05) is 0 Å². The van der Waals surface area contributed by atoms with Crippen molar-refractivity contribution in [2.75, 3.05) is 6.54 Å². The van der Waals surface area contributed by atoms with E-state index in [-0.39, 0.29) is 23.6 Å². The van der Waals surface area contributed by atoms with Crippen molar-refractivity contribution in [1.82, 2.24) is 14.5 Å². The molecule has 3 N–H and O–H groups in total. The molecule has 0 aliphatic carbocycles. The second-order valence-corrected chi connectivity index (χ2v) is 6.41. The number of aromatic nitrogens is 2. The Bertz CT molecular complexity index is 589. The summed E-state index contributed by atoms with van der Waals surface area (Å²) in [6, 6.07) is -1.24. The third-order valence-electron chi connectivity index (χ3n) is 3.15. The molecule has 9 heteroatoms. The maximum absolute atomic E-state index is 12.5. The van der Waals surface area contributed by atoms with E-state index in [0.717, 1.165) is 4.31 Å². The number of aliphatic hydroxyl groups excluding tert-OH is 1. The monoisotopic (exact) mass is 289 g/mol. The summed E-state index contributed by atoms with van der Waals surface area (Å²) in [6.07, 6.45) is -1.08. The first kappa shape index (κ1) is 14.0. The number of carboxylic acids is 1. The fraction of sp³-hybridized carbons (Fsp3) is 0.600. The number of nitrogens with one attached hydrogen (secondary N) is 1. The lowest BCUT2D eigenvalue weighted by Gasteiger charge is -2.20. The second-order valence-electron chi connectivity index (χ2n) is 4.58.